The summed E-state index contributed by atoms with van der Waals surface area (Å²) in [5, 5.41) is 0. The van der Waals surface area contributed by atoms with E-state index < -0.39 is 12.1 Å². The highest BCUT2D eigenvalue weighted by molar-refractivity contribution is 6.23. The molecule has 2 aliphatic carbocycles. The number of esters is 1. The van der Waals surface area contributed by atoms with E-state index >= 15 is 0 Å². The third-order valence-electron chi connectivity index (χ3n) is 6.52. The van der Waals surface area contributed by atoms with Crippen LogP contribution in [0, 0.1) is 23.7 Å². The summed E-state index contributed by atoms with van der Waals surface area (Å²) in [6.07, 6.45) is 3.98. The zero-order valence-corrected chi connectivity index (χ0v) is 16.9. The van der Waals surface area contributed by atoms with Crippen molar-refractivity contribution in [3.63, 3.8) is 0 Å². The number of nitrogens with zero attached hydrogens (tertiary/aromatic N) is 1. The van der Waals surface area contributed by atoms with Gasteiger partial charge in [0.05, 0.1) is 23.1 Å². The van der Waals surface area contributed by atoms with Crippen molar-refractivity contribution in [3.8, 4) is 0 Å². The quantitative estimate of drug-likeness (QED) is 0.324. The Labute approximate surface area is 179 Å². The van der Waals surface area contributed by atoms with Crippen molar-refractivity contribution in [2.24, 2.45) is 23.7 Å². The highest BCUT2D eigenvalue weighted by Crippen LogP contribution is 2.53. The molecule has 6 heteroatoms. The lowest BCUT2D eigenvalue weighted by Crippen LogP contribution is -2.33. The van der Waals surface area contributed by atoms with Crippen molar-refractivity contribution in [3.05, 3.63) is 77.9 Å². The van der Waals surface area contributed by atoms with Crippen LogP contribution in [0.1, 0.15) is 34.1 Å². The van der Waals surface area contributed by atoms with Gasteiger partial charge in [-0.25, -0.2) is 9.69 Å². The Morgan fingerprint density at radius 1 is 0.903 bits per heavy atom. The lowest BCUT2D eigenvalue weighted by atomic mass is 9.85. The molecule has 1 saturated heterocycles. The minimum Gasteiger partial charge on any atom is -0.451 e. The van der Waals surface area contributed by atoms with Crippen LogP contribution < -0.4 is 4.90 Å². The van der Waals surface area contributed by atoms with Gasteiger partial charge in [-0.2, -0.15) is 0 Å². The van der Waals surface area contributed by atoms with Gasteiger partial charge >= 0.3 is 5.97 Å². The molecule has 0 unspecified atom stereocenters. The van der Waals surface area contributed by atoms with E-state index in [0.29, 0.717) is 11.3 Å². The first-order valence-electron chi connectivity index (χ1n) is 10.4. The van der Waals surface area contributed by atoms with Gasteiger partial charge < -0.3 is 4.74 Å². The van der Waals surface area contributed by atoms with E-state index in [4.69, 9.17) is 4.74 Å². The number of ketones is 1. The highest BCUT2D eigenvalue weighted by atomic mass is 16.5. The van der Waals surface area contributed by atoms with Crippen LogP contribution in [-0.4, -0.2) is 29.7 Å². The summed E-state index contributed by atoms with van der Waals surface area (Å²) in [5.74, 6) is -1.76. The average molecular weight is 415 g/mol. The number of hydrogen-bond acceptors (Lipinski definition) is 5. The lowest BCUT2D eigenvalue weighted by molar-refractivity contribution is -0.123. The number of ether oxygens (including phenoxy) is 1. The minimum atomic E-state index is -0.963. The van der Waals surface area contributed by atoms with Crippen LogP contribution in [0.3, 0.4) is 0 Å². The molecule has 31 heavy (non-hydrogen) atoms. The number of carbonyl (C=O) groups is 4. The van der Waals surface area contributed by atoms with E-state index in [1.54, 1.807) is 48.5 Å². The first-order chi connectivity index (χ1) is 15.0. The molecule has 6 nitrogen and oxygen atoms in total. The molecule has 0 aromatic heterocycles. The summed E-state index contributed by atoms with van der Waals surface area (Å²) in [5.41, 5.74) is 1.00. The standard InChI is InChI=1S/C25H21NO5/c1-14(22(27)15-6-3-2-4-7-15)31-25(30)18-8-5-9-19(13-18)26-23(28)20-16-10-11-17(12-16)21(20)24(26)29/h2-11,13-14,16-17,20-21H,12H2,1H3/t14-,16+,17+,20-,21+/m1/s1. The molecule has 3 aliphatic rings. The summed E-state index contributed by atoms with van der Waals surface area (Å²) >= 11 is 0. The van der Waals surface area contributed by atoms with Gasteiger partial charge in [0.1, 0.15) is 0 Å². The Hall–Kier alpha value is -3.54. The van der Waals surface area contributed by atoms with Crippen molar-refractivity contribution in [1.29, 1.82) is 0 Å². The molecule has 2 amide bonds. The zero-order valence-electron chi connectivity index (χ0n) is 16.9. The number of hydrogen-bond donors (Lipinski definition) is 0. The van der Waals surface area contributed by atoms with Gasteiger partial charge in [-0.15, -0.1) is 0 Å². The summed E-state index contributed by atoms with van der Waals surface area (Å²) in [4.78, 5) is 52.3. The predicted molar refractivity (Wildman–Crippen MR) is 112 cm³/mol. The number of benzene rings is 2. The number of amides is 2. The second-order valence-corrected chi connectivity index (χ2v) is 8.34. The molecule has 2 aromatic rings. The number of imide groups is 1. The fourth-order valence-corrected chi connectivity index (χ4v) is 5.05. The van der Waals surface area contributed by atoms with E-state index in [0.717, 1.165) is 6.42 Å². The Balaban J connectivity index is 1.34. The topological polar surface area (TPSA) is 80.8 Å². The Morgan fingerprint density at radius 3 is 2.16 bits per heavy atom. The number of anilines is 1. The van der Waals surface area contributed by atoms with Crippen LogP contribution in [-0.2, 0) is 14.3 Å². The van der Waals surface area contributed by atoms with E-state index in [-0.39, 0.29) is 46.8 Å². The molecule has 1 heterocycles. The van der Waals surface area contributed by atoms with Crippen LogP contribution >= 0.6 is 0 Å². The number of Topliss-reactive ketones (excluding diaryl/α,β-unsaturated/α-hetero) is 1. The fraction of sp³-hybridized carbons (Fsp3) is 0.280. The number of allylic oxidation sites excluding steroid dienone is 2. The third kappa shape index (κ3) is 3.10. The van der Waals surface area contributed by atoms with Gasteiger partial charge in [0.15, 0.2) is 6.10 Å². The van der Waals surface area contributed by atoms with Crippen molar-refractivity contribution in [1.82, 2.24) is 0 Å². The summed E-state index contributed by atoms with van der Waals surface area (Å²) in [6.45, 7) is 1.52. The number of rotatable bonds is 5. The van der Waals surface area contributed by atoms with Crippen molar-refractivity contribution in [2.45, 2.75) is 19.4 Å². The van der Waals surface area contributed by atoms with Crippen LogP contribution in [0.25, 0.3) is 0 Å². The normalized spacial score (nSPS) is 26.8. The third-order valence-corrected chi connectivity index (χ3v) is 6.52. The first kappa shape index (κ1) is 19.4. The molecule has 2 fully saturated rings. The van der Waals surface area contributed by atoms with Gasteiger partial charge in [-0.1, -0.05) is 48.6 Å². The molecular formula is C25H21NO5. The Kier molecular flexibility index (Phi) is 4.58. The Morgan fingerprint density at radius 2 is 1.52 bits per heavy atom. The molecule has 0 spiro atoms. The molecule has 2 bridgehead atoms. The molecule has 0 N–H and O–H groups in total. The molecular weight excluding hydrogens is 394 g/mol. The van der Waals surface area contributed by atoms with Crippen LogP contribution in [0.4, 0.5) is 5.69 Å². The number of fused-ring (bicyclic) bond motifs is 5. The second-order valence-electron chi connectivity index (χ2n) is 8.34. The zero-order chi connectivity index (χ0) is 21.7. The Bertz CT molecular complexity index is 1090. The smallest absolute Gasteiger partial charge is 0.338 e. The fourth-order valence-electron chi connectivity index (χ4n) is 5.05. The predicted octanol–water partition coefficient (Wildman–Crippen LogP) is 3.43. The number of carbonyl (C=O) groups excluding carboxylic acids is 4. The first-order valence-corrected chi connectivity index (χ1v) is 10.4. The van der Waals surface area contributed by atoms with Crippen molar-refractivity contribution < 1.29 is 23.9 Å². The highest BCUT2D eigenvalue weighted by Gasteiger charge is 2.59. The lowest BCUT2D eigenvalue weighted by Gasteiger charge is -2.18. The van der Waals surface area contributed by atoms with Crippen LogP contribution in [0.5, 0.6) is 0 Å². The van der Waals surface area contributed by atoms with Crippen molar-refractivity contribution >= 4 is 29.3 Å². The maximum atomic E-state index is 13.0. The van der Waals surface area contributed by atoms with Crippen molar-refractivity contribution in [2.75, 3.05) is 4.90 Å². The summed E-state index contributed by atoms with van der Waals surface area (Å²) < 4.78 is 5.36. The van der Waals surface area contributed by atoms with Gasteiger partial charge in [0.25, 0.3) is 0 Å². The van der Waals surface area contributed by atoms with Crippen LogP contribution in [0.15, 0.2) is 66.7 Å². The second kappa shape index (κ2) is 7.30. The molecule has 2 aromatic carbocycles. The maximum Gasteiger partial charge on any atom is 0.338 e. The molecule has 1 aliphatic heterocycles. The van der Waals surface area contributed by atoms with E-state index in [1.807, 2.05) is 12.2 Å². The minimum absolute atomic E-state index is 0.120. The van der Waals surface area contributed by atoms with E-state index in [2.05, 4.69) is 0 Å². The average Bonchev–Trinajstić information content (AvgIpc) is 3.47. The maximum absolute atomic E-state index is 13.0. The molecule has 156 valence electrons. The molecule has 1 saturated carbocycles. The van der Waals surface area contributed by atoms with Gasteiger partial charge in [0.2, 0.25) is 17.6 Å². The van der Waals surface area contributed by atoms with Gasteiger partial charge in [-0.3, -0.25) is 14.4 Å². The monoisotopic (exact) mass is 415 g/mol. The molecule has 0 radical (unpaired) electrons. The van der Waals surface area contributed by atoms with Crippen LogP contribution in [0.2, 0.25) is 0 Å². The SMILES string of the molecule is C[C@@H](OC(=O)c1cccc(N2C(=O)[C@@H]3[C@H](C2=O)[C@H]2C=C[C@H]3C2)c1)C(=O)c1ccccc1. The molecule has 5 atom stereocenters. The largest absolute Gasteiger partial charge is 0.451 e. The van der Waals surface area contributed by atoms with Gasteiger partial charge in [-0.05, 0) is 43.4 Å². The van der Waals surface area contributed by atoms with E-state index in [9.17, 15) is 19.2 Å². The summed E-state index contributed by atoms with van der Waals surface area (Å²) in [7, 11) is 0. The molecule has 5 rings (SSSR count). The summed E-state index contributed by atoms with van der Waals surface area (Å²) in [6, 6.07) is 14.9. The van der Waals surface area contributed by atoms with E-state index in [1.165, 1.54) is 17.9 Å². The van der Waals surface area contributed by atoms with Gasteiger partial charge in [0, 0.05) is 5.56 Å².